The number of hydrogen-bond donors (Lipinski definition) is 1. The topological polar surface area (TPSA) is 46.5 Å². The van der Waals surface area contributed by atoms with Crippen LogP contribution in [-0.4, -0.2) is 17.2 Å². The Kier molecular flexibility index (Phi) is 4.92. The highest BCUT2D eigenvalue weighted by Crippen LogP contribution is 2.23. The molecule has 3 aromatic carbocycles. The van der Waals surface area contributed by atoms with Crippen molar-refractivity contribution < 1.29 is 14.6 Å². The zero-order chi connectivity index (χ0) is 16.8. The summed E-state index contributed by atoms with van der Waals surface area (Å²) >= 11 is 0. The van der Waals surface area contributed by atoms with Crippen molar-refractivity contribution in [2.75, 3.05) is 0 Å². The zero-order valence-electron chi connectivity index (χ0n) is 13.1. The molecule has 0 aliphatic heterocycles. The van der Waals surface area contributed by atoms with Gasteiger partial charge in [0.15, 0.2) is 6.10 Å². The first kappa shape index (κ1) is 15.8. The molecular formula is C21H18O3. The van der Waals surface area contributed by atoms with Crippen LogP contribution in [0.3, 0.4) is 0 Å². The Bertz CT molecular complexity index is 780. The summed E-state index contributed by atoms with van der Waals surface area (Å²) in [5.41, 5.74) is 3.12. The molecule has 1 N–H and O–H groups in total. The monoisotopic (exact) mass is 318 g/mol. The Morgan fingerprint density at radius 2 is 1.33 bits per heavy atom. The summed E-state index contributed by atoms with van der Waals surface area (Å²) in [7, 11) is 0. The van der Waals surface area contributed by atoms with Gasteiger partial charge in [-0.05, 0) is 28.8 Å². The molecule has 0 unspecified atom stereocenters. The molecule has 3 rings (SSSR count). The lowest BCUT2D eigenvalue weighted by Gasteiger charge is -2.15. The molecule has 3 aromatic rings. The maximum Gasteiger partial charge on any atom is 0.345 e. The fourth-order valence-corrected chi connectivity index (χ4v) is 2.53. The lowest BCUT2D eigenvalue weighted by atomic mass is 10.1. The lowest BCUT2D eigenvalue weighted by Crippen LogP contribution is -2.29. The maximum atomic E-state index is 11.5. The van der Waals surface area contributed by atoms with Gasteiger partial charge in [0.1, 0.15) is 5.75 Å². The SMILES string of the molecule is O=C(O)[C@@H](Cc1ccccc1)Oc1ccc(-c2ccccc2)cc1. The molecule has 0 radical (unpaired) electrons. The van der Waals surface area contributed by atoms with Gasteiger partial charge >= 0.3 is 5.97 Å². The Balaban J connectivity index is 1.72. The molecule has 1 atom stereocenters. The number of carboxylic acids is 1. The van der Waals surface area contributed by atoms with Crippen molar-refractivity contribution in [3.8, 4) is 16.9 Å². The van der Waals surface area contributed by atoms with Gasteiger partial charge in [0.05, 0.1) is 0 Å². The summed E-state index contributed by atoms with van der Waals surface area (Å²) in [4.78, 5) is 11.5. The molecule has 3 heteroatoms. The third kappa shape index (κ3) is 4.02. The van der Waals surface area contributed by atoms with Crippen LogP contribution in [0.2, 0.25) is 0 Å². The molecule has 0 saturated carbocycles. The van der Waals surface area contributed by atoms with Crippen molar-refractivity contribution in [1.29, 1.82) is 0 Å². The van der Waals surface area contributed by atoms with Crippen molar-refractivity contribution in [3.05, 3.63) is 90.5 Å². The molecule has 0 heterocycles. The quantitative estimate of drug-likeness (QED) is 0.731. The van der Waals surface area contributed by atoms with E-state index in [-0.39, 0.29) is 0 Å². The second-order valence-electron chi connectivity index (χ2n) is 5.52. The minimum Gasteiger partial charge on any atom is -0.478 e. The maximum absolute atomic E-state index is 11.5. The lowest BCUT2D eigenvalue weighted by molar-refractivity contribution is -0.145. The molecule has 0 bridgehead atoms. The molecule has 0 aliphatic rings. The van der Waals surface area contributed by atoms with Crippen molar-refractivity contribution in [1.82, 2.24) is 0 Å². The predicted molar refractivity (Wildman–Crippen MR) is 94.1 cm³/mol. The summed E-state index contributed by atoms with van der Waals surface area (Å²) in [5.74, 6) is -0.413. The number of benzene rings is 3. The van der Waals surface area contributed by atoms with Crippen molar-refractivity contribution in [3.63, 3.8) is 0 Å². The van der Waals surface area contributed by atoms with Gasteiger partial charge in [-0.1, -0.05) is 72.8 Å². The van der Waals surface area contributed by atoms with Gasteiger partial charge in [-0.3, -0.25) is 0 Å². The predicted octanol–water partition coefficient (Wildman–Crippen LogP) is 4.43. The van der Waals surface area contributed by atoms with E-state index >= 15 is 0 Å². The van der Waals surface area contributed by atoms with Gasteiger partial charge in [-0.15, -0.1) is 0 Å². The summed E-state index contributed by atoms with van der Waals surface area (Å²) in [6.45, 7) is 0. The first-order valence-corrected chi connectivity index (χ1v) is 7.81. The molecule has 0 aromatic heterocycles. The summed E-state index contributed by atoms with van der Waals surface area (Å²) in [5, 5.41) is 9.40. The van der Waals surface area contributed by atoms with Crippen LogP contribution in [0.15, 0.2) is 84.9 Å². The Morgan fingerprint density at radius 1 is 0.792 bits per heavy atom. The van der Waals surface area contributed by atoms with Crippen LogP contribution in [0.4, 0.5) is 0 Å². The molecular weight excluding hydrogens is 300 g/mol. The molecule has 3 nitrogen and oxygen atoms in total. The van der Waals surface area contributed by atoms with E-state index in [4.69, 9.17) is 4.74 Å². The average molecular weight is 318 g/mol. The standard InChI is InChI=1S/C21H18O3/c22-21(23)20(15-16-7-3-1-4-8-16)24-19-13-11-18(12-14-19)17-9-5-2-6-10-17/h1-14,20H,15H2,(H,22,23)/t20-/m1/s1. The van der Waals surface area contributed by atoms with Crippen LogP contribution in [0.5, 0.6) is 5.75 Å². The Labute approximate surface area is 141 Å². The van der Waals surface area contributed by atoms with Gasteiger partial charge in [-0.2, -0.15) is 0 Å². The zero-order valence-corrected chi connectivity index (χ0v) is 13.1. The molecule has 0 amide bonds. The van der Waals surface area contributed by atoms with E-state index in [1.807, 2.05) is 84.9 Å². The normalized spacial score (nSPS) is 11.7. The van der Waals surface area contributed by atoms with Gasteiger partial charge in [-0.25, -0.2) is 4.79 Å². The smallest absolute Gasteiger partial charge is 0.345 e. The number of aliphatic carboxylic acids is 1. The van der Waals surface area contributed by atoms with E-state index in [0.29, 0.717) is 12.2 Å². The van der Waals surface area contributed by atoms with Crippen LogP contribution < -0.4 is 4.74 Å². The molecule has 120 valence electrons. The van der Waals surface area contributed by atoms with Gasteiger partial charge < -0.3 is 9.84 Å². The van der Waals surface area contributed by atoms with Crippen LogP contribution in [0, 0.1) is 0 Å². The van der Waals surface area contributed by atoms with Crippen LogP contribution in [-0.2, 0) is 11.2 Å². The number of carbonyl (C=O) groups is 1. The Morgan fingerprint density at radius 3 is 1.92 bits per heavy atom. The summed E-state index contributed by atoms with van der Waals surface area (Å²) in [6, 6.07) is 27.0. The average Bonchev–Trinajstić information content (AvgIpc) is 2.63. The summed E-state index contributed by atoms with van der Waals surface area (Å²) < 4.78 is 5.67. The summed E-state index contributed by atoms with van der Waals surface area (Å²) in [6.07, 6.45) is -0.577. The third-order valence-corrected chi connectivity index (χ3v) is 3.78. The molecule has 0 aliphatic carbocycles. The van der Waals surface area contributed by atoms with E-state index < -0.39 is 12.1 Å². The number of hydrogen-bond acceptors (Lipinski definition) is 2. The van der Waals surface area contributed by atoms with Gasteiger partial charge in [0.25, 0.3) is 0 Å². The van der Waals surface area contributed by atoms with Crippen molar-refractivity contribution in [2.24, 2.45) is 0 Å². The molecule has 0 spiro atoms. The molecule has 24 heavy (non-hydrogen) atoms. The fourth-order valence-electron chi connectivity index (χ4n) is 2.53. The first-order chi connectivity index (χ1) is 11.7. The van der Waals surface area contributed by atoms with Crippen molar-refractivity contribution in [2.45, 2.75) is 12.5 Å². The van der Waals surface area contributed by atoms with Crippen molar-refractivity contribution >= 4 is 5.97 Å². The highest BCUT2D eigenvalue weighted by molar-refractivity contribution is 5.73. The van der Waals surface area contributed by atoms with Crippen LogP contribution in [0.1, 0.15) is 5.56 Å². The van der Waals surface area contributed by atoms with E-state index in [1.54, 1.807) is 0 Å². The number of carboxylic acid groups (broad SMARTS) is 1. The fraction of sp³-hybridized carbons (Fsp3) is 0.0952. The van der Waals surface area contributed by atoms with Crippen LogP contribution >= 0.6 is 0 Å². The second kappa shape index (κ2) is 7.47. The second-order valence-corrected chi connectivity index (χ2v) is 5.52. The van der Waals surface area contributed by atoms with Gasteiger partial charge in [0.2, 0.25) is 0 Å². The number of rotatable bonds is 6. The minimum absolute atomic E-state index is 0.330. The molecule has 0 fully saturated rings. The van der Waals surface area contributed by atoms with Gasteiger partial charge in [0, 0.05) is 6.42 Å². The largest absolute Gasteiger partial charge is 0.478 e. The Hall–Kier alpha value is -3.07. The third-order valence-electron chi connectivity index (χ3n) is 3.78. The van der Waals surface area contributed by atoms with E-state index in [2.05, 4.69) is 0 Å². The minimum atomic E-state index is -0.967. The highest BCUT2D eigenvalue weighted by Gasteiger charge is 2.20. The highest BCUT2D eigenvalue weighted by atomic mass is 16.5. The van der Waals surface area contributed by atoms with E-state index in [1.165, 1.54) is 0 Å². The first-order valence-electron chi connectivity index (χ1n) is 7.81. The van der Waals surface area contributed by atoms with E-state index in [9.17, 15) is 9.90 Å². The number of ether oxygens (including phenoxy) is 1. The van der Waals surface area contributed by atoms with E-state index in [0.717, 1.165) is 16.7 Å². The molecule has 0 saturated heterocycles. The van der Waals surface area contributed by atoms with Crippen LogP contribution in [0.25, 0.3) is 11.1 Å².